The van der Waals surface area contributed by atoms with Crippen LogP contribution in [-0.4, -0.2) is 42.8 Å². The van der Waals surface area contributed by atoms with Gasteiger partial charge in [-0.3, -0.25) is 0 Å². The Morgan fingerprint density at radius 2 is 1.86 bits per heavy atom. The van der Waals surface area contributed by atoms with Crippen molar-refractivity contribution in [1.29, 1.82) is 0 Å². The Bertz CT molecular complexity index is 351. The van der Waals surface area contributed by atoms with Crippen molar-refractivity contribution < 1.29 is 24.1 Å². The minimum atomic E-state index is -0.672. The lowest BCUT2D eigenvalue weighted by molar-refractivity contribution is -0.0619. The lowest BCUT2D eigenvalue weighted by Gasteiger charge is -2.36. The van der Waals surface area contributed by atoms with E-state index in [4.69, 9.17) is 9.47 Å². The first-order valence-corrected chi connectivity index (χ1v) is 8.14. The van der Waals surface area contributed by atoms with Gasteiger partial charge in [0.1, 0.15) is 6.61 Å². The maximum Gasteiger partial charge on any atom is 0.507 e. The summed E-state index contributed by atoms with van der Waals surface area (Å²) >= 11 is 0. The minimum absolute atomic E-state index is 0.0363. The molecule has 4 unspecified atom stereocenters. The Labute approximate surface area is 126 Å². The molecule has 2 fully saturated rings. The summed E-state index contributed by atoms with van der Waals surface area (Å²) in [5.41, 5.74) is -0.672. The molecule has 0 spiro atoms. The molecule has 0 amide bonds. The molecular formula is C16H28O5. The van der Waals surface area contributed by atoms with Crippen molar-refractivity contribution >= 4 is 6.16 Å². The van der Waals surface area contributed by atoms with Crippen LogP contribution < -0.4 is 0 Å². The predicted octanol–water partition coefficient (Wildman–Crippen LogP) is 2.89. The van der Waals surface area contributed by atoms with Gasteiger partial charge >= 0.3 is 6.16 Å². The third kappa shape index (κ3) is 3.34. The average Bonchev–Trinajstić information content (AvgIpc) is 3.08. The van der Waals surface area contributed by atoms with E-state index in [1.165, 1.54) is 7.11 Å². The van der Waals surface area contributed by atoms with Gasteiger partial charge in [0.05, 0.1) is 24.9 Å². The van der Waals surface area contributed by atoms with Crippen LogP contribution in [0.25, 0.3) is 0 Å². The average molecular weight is 300 g/mol. The van der Waals surface area contributed by atoms with E-state index in [1.807, 2.05) is 0 Å². The van der Waals surface area contributed by atoms with Gasteiger partial charge in [-0.25, -0.2) is 4.79 Å². The monoisotopic (exact) mass is 300 g/mol. The van der Waals surface area contributed by atoms with E-state index in [2.05, 4.69) is 18.6 Å². The zero-order chi connectivity index (χ0) is 15.5. The molecule has 0 radical (unpaired) electrons. The maximum absolute atomic E-state index is 11.3. The van der Waals surface area contributed by atoms with E-state index in [0.717, 1.165) is 38.5 Å². The van der Waals surface area contributed by atoms with E-state index >= 15 is 0 Å². The number of methoxy groups -OCH3 is 1. The number of carbonyl (C=O) groups excluding carboxylic acids is 1. The highest BCUT2D eigenvalue weighted by molar-refractivity contribution is 5.59. The molecule has 4 atom stereocenters. The van der Waals surface area contributed by atoms with Crippen LogP contribution in [0.5, 0.6) is 0 Å². The van der Waals surface area contributed by atoms with Crippen molar-refractivity contribution in [3.05, 3.63) is 0 Å². The van der Waals surface area contributed by atoms with Crippen molar-refractivity contribution in [2.24, 2.45) is 11.8 Å². The van der Waals surface area contributed by atoms with Gasteiger partial charge in [0, 0.05) is 11.8 Å². The number of aliphatic hydroxyl groups is 1. The summed E-state index contributed by atoms with van der Waals surface area (Å²) in [6, 6.07) is 0. The molecular weight excluding hydrogens is 272 g/mol. The summed E-state index contributed by atoms with van der Waals surface area (Å²) < 4.78 is 15.9. The third-order valence-electron chi connectivity index (χ3n) is 5.14. The molecule has 0 bridgehead atoms. The molecule has 0 aromatic carbocycles. The Balaban J connectivity index is 2.15. The molecule has 5 nitrogen and oxygen atoms in total. The standard InChI is InChI=1S/C16H28O5/c1-4-12-11(10-20-15(17)19-3)14(13(5-2)21-12)16(18)8-6-7-9-16/h11-14,18H,4-10H2,1-3H3. The summed E-state index contributed by atoms with van der Waals surface area (Å²) in [4.78, 5) is 11.3. The van der Waals surface area contributed by atoms with Crippen LogP contribution in [0.3, 0.4) is 0 Å². The number of carbonyl (C=O) groups is 1. The molecule has 5 heteroatoms. The molecule has 2 aliphatic rings. The molecule has 2 rings (SSSR count). The lowest BCUT2D eigenvalue weighted by atomic mass is 9.73. The van der Waals surface area contributed by atoms with Crippen molar-refractivity contribution in [3.63, 3.8) is 0 Å². The fourth-order valence-electron chi connectivity index (χ4n) is 4.17. The molecule has 21 heavy (non-hydrogen) atoms. The molecule has 1 saturated carbocycles. The Morgan fingerprint density at radius 3 is 2.38 bits per heavy atom. The topological polar surface area (TPSA) is 65.0 Å². The summed E-state index contributed by atoms with van der Waals surface area (Å²) in [5.74, 6) is 0.0850. The number of hydrogen-bond acceptors (Lipinski definition) is 5. The van der Waals surface area contributed by atoms with Crippen molar-refractivity contribution in [3.8, 4) is 0 Å². The lowest BCUT2D eigenvalue weighted by Crippen LogP contribution is -2.45. The Hall–Kier alpha value is -0.810. The first kappa shape index (κ1) is 16.6. The van der Waals surface area contributed by atoms with Crippen LogP contribution in [0.2, 0.25) is 0 Å². The van der Waals surface area contributed by atoms with Crippen LogP contribution >= 0.6 is 0 Å². The van der Waals surface area contributed by atoms with Gasteiger partial charge in [-0.2, -0.15) is 0 Å². The van der Waals surface area contributed by atoms with E-state index in [1.54, 1.807) is 0 Å². The first-order valence-electron chi connectivity index (χ1n) is 8.14. The van der Waals surface area contributed by atoms with Crippen molar-refractivity contribution in [2.75, 3.05) is 13.7 Å². The van der Waals surface area contributed by atoms with Gasteiger partial charge in [0.2, 0.25) is 0 Å². The van der Waals surface area contributed by atoms with Crippen LogP contribution in [-0.2, 0) is 14.2 Å². The van der Waals surface area contributed by atoms with E-state index in [0.29, 0.717) is 0 Å². The fraction of sp³-hybridized carbons (Fsp3) is 0.938. The second-order valence-electron chi connectivity index (χ2n) is 6.29. The zero-order valence-corrected chi connectivity index (χ0v) is 13.3. The van der Waals surface area contributed by atoms with Gasteiger partial charge in [0.25, 0.3) is 0 Å². The number of ether oxygens (including phenoxy) is 3. The molecule has 1 saturated heterocycles. The molecule has 0 aromatic heterocycles. The first-order chi connectivity index (χ1) is 10.1. The summed E-state index contributed by atoms with van der Waals surface area (Å²) in [6.07, 6.45) is 4.91. The quantitative estimate of drug-likeness (QED) is 0.791. The largest absolute Gasteiger partial charge is 0.507 e. The smallest absolute Gasteiger partial charge is 0.438 e. The van der Waals surface area contributed by atoms with Gasteiger partial charge < -0.3 is 19.3 Å². The highest BCUT2D eigenvalue weighted by atomic mass is 16.7. The second kappa shape index (κ2) is 6.97. The van der Waals surface area contributed by atoms with Crippen LogP contribution in [0.15, 0.2) is 0 Å². The molecule has 1 N–H and O–H groups in total. The summed E-state index contributed by atoms with van der Waals surface area (Å²) in [5, 5.41) is 11.0. The Kier molecular flexibility index (Phi) is 5.49. The zero-order valence-electron chi connectivity index (χ0n) is 13.3. The molecule has 122 valence electrons. The highest BCUT2D eigenvalue weighted by Gasteiger charge is 2.54. The number of hydrogen-bond donors (Lipinski definition) is 1. The highest BCUT2D eigenvalue weighted by Crippen LogP contribution is 2.48. The van der Waals surface area contributed by atoms with E-state index < -0.39 is 11.8 Å². The van der Waals surface area contributed by atoms with E-state index in [9.17, 15) is 9.90 Å². The van der Waals surface area contributed by atoms with Crippen LogP contribution in [0.1, 0.15) is 52.4 Å². The molecule has 1 heterocycles. The second-order valence-corrected chi connectivity index (χ2v) is 6.29. The van der Waals surface area contributed by atoms with Gasteiger partial charge in [-0.1, -0.05) is 26.7 Å². The minimum Gasteiger partial charge on any atom is -0.438 e. The van der Waals surface area contributed by atoms with Crippen LogP contribution in [0.4, 0.5) is 4.79 Å². The van der Waals surface area contributed by atoms with Gasteiger partial charge in [0.15, 0.2) is 0 Å². The van der Waals surface area contributed by atoms with Gasteiger partial charge in [-0.05, 0) is 25.7 Å². The SMILES string of the molecule is CCC1OC(CC)C(C2(O)CCCC2)C1COC(=O)OC. The molecule has 0 aromatic rings. The summed E-state index contributed by atoms with van der Waals surface area (Å²) in [6.45, 7) is 4.42. The van der Waals surface area contributed by atoms with Crippen molar-refractivity contribution in [1.82, 2.24) is 0 Å². The fourth-order valence-corrected chi connectivity index (χ4v) is 4.17. The predicted molar refractivity (Wildman–Crippen MR) is 78.0 cm³/mol. The van der Waals surface area contributed by atoms with Crippen molar-refractivity contribution in [2.45, 2.75) is 70.2 Å². The number of rotatable bonds is 5. The maximum atomic E-state index is 11.3. The van der Waals surface area contributed by atoms with Crippen LogP contribution in [0, 0.1) is 11.8 Å². The third-order valence-corrected chi connectivity index (χ3v) is 5.14. The van der Waals surface area contributed by atoms with Gasteiger partial charge in [-0.15, -0.1) is 0 Å². The normalized spacial score (nSPS) is 34.9. The Morgan fingerprint density at radius 1 is 1.24 bits per heavy atom. The molecule has 1 aliphatic carbocycles. The molecule has 1 aliphatic heterocycles. The van der Waals surface area contributed by atoms with E-state index in [-0.39, 0.29) is 30.7 Å². The summed E-state index contributed by atoms with van der Waals surface area (Å²) in [7, 11) is 1.31.